The van der Waals surface area contributed by atoms with Gasteiger partial charge in [0, 0.05) is 19.7 Å². The van der Waals surface area contributed by atoms with Crippen LogP contribution in [0.4, 0.5) is 0 Å². The van der Waals surface area contributed by atoms with Gasteiger partial charge in [-0.25, -0.2) is 9.48 Å². The SMILES string of the molecule is O=C(O)c1cn(CC(=O)N2CC(OCCCc3ccccc3)C2)nn1. The lowest BCUT2D eigenvalue weighted by Crippen LogP contribution is -2.55. The Kier molecular flexibility index (Phi) is 5.39. The lowest BCUT2D eigenvalue weighted by Gasteiger charge is -2.38. The Labute approximate surface area is 145 Å². The molecule has 0 unspecified atom stereocenters. The molecule has 1 saturated heterocycles. The number of hydrogen-bond donors (Lipinski definition) is 1. The molecule has 1 fully saturated rings. The van der Waals surface area contributed by atoms with Crippen LogP contribution in [0.2, 0.25) is 0 Å². The Balaban J connectivity index is 1.32. The molecule has 2 aromatic rings. The van der Waals surface area contributed by atoms with Crippen molar-refractivity contribution in [1.29, 1.82) is 0 Å². The van der Waals surface area contributed by atoms with Crippen LogP contribution in [0.1, 0.15) is 22.5 Å². The summed E-state index contributed by atoms with van der Waals surface area (Å²) in [6.45, 7) is 1.78. The second-order valence-electron chi connectivity index (χ2n) is 5.99. The summed E-state index contributed by atoms with van der Waals surface area (Å²) in [5, 5.41) is 15.9. The second kappa shape index (κ2) is 7.89. The first-order chi connectivity index (χ1) is 12.1. The van der Waals surface area contributed by atoms with Crippen molar-refractivity contribution >= 4 is 11.9 Å². The number of likely N-dealkylation sites (tertiary alicyclic amines) is 1. The molecular weight excluding hydrogens is 324 g/mol. The number of aromatic carboxylic acids is 1. The monoisotopic (exact) mass is 344 g/mol. The number of benzene rings is 1. The lowest BCUT2D eigenvalue weighted by molar-refractivity contribution is -0.145. The molecule has 132 valence electrons. The third-order valence-corrected chi connectivity index (χ3v) is 4.06. The topological polar surface area (TPSA) is 97.5 Å². The van der Waals surface area contributed by atoms with Crippen LogP contribution >= 0.6 is 0 Å². The summed E-state index contributed by atoms with van der Waals surface area (Å²) in [5.41, 5.74) is 1.13. The lowest BCUT2D eigenvalue weighted by atomic mass is 10.1. The highest BCUT2D eigenvalue weighted by atomic mass is 16.5. The summed E-state index contributed by atoms with van der Waals surface area (Å²) in [6.07, 6.45) is 3.25. The standard InChI is InChI=1S/C17H20N4O4/c22-16(12-21-11-15(17(23)24)18-19-21)20-9-14(10-20)25-8-4-7-13-5-2-1-3-6-13/h1-3,5-6,11,14H,4,7-10,12H2,(H,23,24). The molecule has 1 aliphatic heterocycles. The number of ether oxygens (including phenoxy) is 1. The molecule has 25 heavy (non-hydrogen) atoms. The zero-order chi connectivity index (χ0) is 17.6. The molecule has 8 heteroatoms. The van der Waals surface area contributed by atoms with Crippen LogP contribution in [0.25, 0.3) is 0 Å². The van der Waals surface area contributed by atoms with Crippen molar-refractivity contribution in [3.05, 3.63) is 47.8 Å². The zero-order valence-corrected chi connectivity index (χ0v) is 13.7. The van der Waals surface area contributed by atoms with E-state index in [4.69, 9.17) is 9.84 Å². The average Bonchev–Trinajstić information content (AvgIpc) is 3.02. The van der Waals surface area contributed by atoms with E-state index in [1.54, 1.807) is 4.90 Å². The minimum Gasteiger partial charge on any atom is -0.476 e. The molecule has 0 spiro atoms. The Morgan fingerprint density at radius 2 is 2.00 bits per heavy atom. The van der Waals surface area contributed by atoms with Crippen molar-refractivity contribution in [3.63, 3.8) is 0 Å². The maximum Gasteiger partial charge on any atom is 0.358 e. The van der Waals surface area contributed by atoms with Crippen LogP contribution in [0.15, 0.2) is 36.5 Å². The molecular formula is C17H20N4O4. The highest BCUT2D eigenvalue weighted by Crippen LogP contribution is 2.13. The molecule has 1 aromatic heterocycles. The Morgan fingerprint density at radius 1 is 1.24 bits per heavy atom. The number of aryl methyl sites for hydroxylation is 1. The Bertz CT molecular complexity index is 725. The molecule has 0 aliphatic carbocycles. The molecule has 8 nitrogen and oxygen atoms in total. The van der Waals surface area contributed by atoms with Gasteiger partial charge in [0.15, 0.2) is 5.69 Å². The maximum atomic E-state index is 12.1. The summed E-state index contributed by atoms with van der Waals surface area (Å²) in [4.78, 5) is 24.5. The van der Waals surface area contributed by atoms with E-state index >= 15 is 0 Å². The van der Waals surface area contributed by atoms with Crippen molar-refractivity contribution in [3.8, 4) is 0 Å². The molecule has 0 saturated carbocycles. The summed E-state index contributed by atoms with van der Waals surface area (Å²) >= 11 is 0. The van der Waals surface area contributed by atoms with E-state index in [1.165, 1.54) is 16.4 Å². The van der Waals surface area contributed by atoms with Crippen molar-refractivity contribution in [1.82, 2.24) is 19.9 Å². The minimum atomic E-state index is -1.16. The van der Waals surface area contributed by atoms with Gasteiger partial charge in [0.1, 0.15) is 6.54 Å². The summed E-state index contributed by atoms with van der Waals surface area (Å²) < 4.78 is 7.00. The third-order valence-electron chi connectivity index (χ3n) is 4.06. The number of carbonyl (C=O) groups excluding carboxylic acids is 1. The van der Waals surface area contributed by atoms with Crippen LogP contribution < -0.4 is 0 Å². The molecule has 1 aliphatic rings. The first-order valence-corrected chi connectivity index (χ1v) is 8.18. The van der Waals surface area contributed by atoms with Crippen molar-refractivity contribution < 1.29 is 19.4 Å². The normalized spacial score (nSPS) is 14.3. The van der Waals surface area contributed by atoms with E-state index in [2.05, 4.69) is 22.4 Å². The van der Waals surface area contributed by atoms with Crippen LogP contribution in [0.3, 0.4) is 0 Å². The average molecular weight is 344 g/mol. The van der Waals surface area contributed by atoms with Crippen LogP contribution in [0, 0.1) is 0 Å². The number of carbonyl (C=O) groups is 2. The number of carboxylic acids is 1. The van der Waals surface area contributed by atoms with Gasteiger partial charge in [-0.05, 0) is 18.4 Å². The van der Waals surface area contributed by atoms with E-state index in [0.29, 0.717) is 19.7 Å². The number of nitrogens with zero attached hydrogens (tertiary/aromatic N) is 4. The summed E-state index contributed by atoms with van der Waals surface area (Å²) in [5.74, 6) is -1.28. The maximum absolute atomic E-state index is 12.1. The Morgan fingerprint density at radius 3 is 2.68 bits per heavy atom. The highest BCUT2D eigenvalue weighted by molar-refractivity contribution is 5.84. The molecule has 3 rings (SSSR count). The summed E-state index contributed by atoms with van der Waals surface area (Å²) in [7, 11) is 0. The van der Waals surface area contributed by atoms with Crippen molar-refractivity contribution in [2.24, 2.45) is 0 Å². The predicted molar refractivity (Wildman–Crippen MR) is 88.1 cm³/mol. The van der Waals surface area contributed by atoms with Crippen molar-refractivity contribution in [2.75, 3.05) is 19.7 Å². The van der Waals surface area contributed by atoms with Gasteiger partial charge in [0.05, 0.1) is 12.3 Å². The molecule has 1 aromatic carbocycles. The predicted octanol–water partition coefficient (Wildman–Crippen LogP) is 0.836. The van der Waals surface area contributed by atoms with E-state index in [9.17, 15) is 9.59 Å². The number of amides is 1. The van der Waals surface area contributed by atoms with E-state index < -0.39 is 5.97 Å². The number of aromatic nitrogens is 3. The first kappa shape index (κ1) is 17.1. The first-order valence-electron chi connectivity index (χ1n) is 8.18. The van der Waals surface area contributed by atoms with Crippen LogP contribution in [-0.2, 0) is 22.5 Å². The fourth-order valence-corrected chi connectivity index (χ4v) is 2.63. The van der Waals surface area contributed by atoms with E-state index in [0.717, 1.165) is 12.8 Å². The largest absolute Gasteiger partial charge is 0.476 e. The quantitative estimate of drug-likeness (QED) is 0.713. The number of hydrogen-bond acceptors (Lipinski definition) is 5. The molecule has 0 radical (unpaired) electrons. The van der Waals surface area contributed by atoms with Gasteiger partial charge in [0.25, 0.3) is 0 Å². The number of rotatable bonds is 8. The molecule has 0 atom stereocenters. The highest BCUT2D eigenvalue weighted by Gasteiger charge is 2.31. The van der Waals surface area contributed by atoms with Gasteiger partial charge in [-0.2, -0.15) is 0 Å². The van der Waals surface area contributed by atoms with Gasteiger partial charge >= 0.3 is 5.97 Å². The number of carboxylic acid groups (broad SMARTS) is 1. The molecule has 0 bridgehead atoms. The van der Waals surface area contributed by atoms with Gasteiger partial charge in [-0.15, -0.1) is 5.10 Å². The smallest absolute Gasteiger partial charge is 0.358 e. The van der Waals surface area contributed by atoms with Gasteiger partial charge in [-0.1, -0.05) is 35.5 Å². The van der Waals surface area contributed by atoms with Gasteiger partial charge < -0.3 is 14.7 Å². The molecule has 2 heterocycles. The van der Waals surface area contributed by atoms with Crippen LogP contribution in [0.5, 0.6) is 0 Å². The molecule has 1 N–H and O–H groups in total. The van der Waals surface area contributed by atoms with Crippen molar-refractivity contribution in [2.45, 2.75) is 25.5 Å². The minimum absolute atomic E-state index is 0.0129. The fraction of sp³-hybridized carbons (Fsp3) is 0.412. The van der Waals surface area contributed by atoms with E-state index in [1.807, 2.05) is 18.2 Å². The fourth-order valence-electron chi connectivity index (χ4n) is 2.63. The third kappa shape index (κ3) is 4.63. The van der Waals surface area contributed by atoms with E-state index in [-0.39, 0.29) is 24.2 Å². The zero-order valence-electron chi connectivity index (χ0n) is 13.7. The Hall–Kier alpha value is -2.74. The van der Waals surface area contributed by atoms with Gasteiger partial charge in [-0.3, -0.25) is 4.79 Å². The van der Waals surface area contributed by atoms with Crippen LogP contribution in [-0.4, -0.2) is 62.7 Å². The summed E-state index contributed by atoms with van der Waals surface area (Å²) in [6, 6.07) is 10.3. The second-order valence-corrected chi connectivity index (χ2v) is 5.99. The van der Waals surface area contributed by atoms with Gasteiger partial charge in [0.2, 0.25) is 5.91 Å². The molecule has 1 amide bonds.